The lowest BCUT2D eigenvalue weighted by molar-refractivity contribution is 0.0817. The van der Waals surface area contributed by atoms with Gasteiger partial charge in [0, 0.05) is 65.9 Å². The molecular formula is C28H34N4O. The van der Waals surface area contributed by atoms with E-state index >= 15 is 0 Å². The second-order valence-corrected chi connectivity index (χ2v) is 9.16. The maximum Gasteiger partial charge on any atom is 0.0642 e. The minimum atomic E-state index is -0.0825. The van der Waals surface area contributed by atoms with Gasteiger partial charge in [0.25, 0.3) is 0 Å². The number of aromatic nitrogens is 2. The van der Waals surface area contributed by atoms with Gasteiger partial charge in [0.15, 0.2) is 0 Å². The number of anilines is 2. The second-order valence-electron chi connectivity index (χ2n) is 9.16. The smallest absolute Gasteiger partial charge is 0.0642 e. The first kappa shape index (κ1) is 21.8. The highest BCUT2D eigenvalue weighted by Gasteiger charge is 2.16. The van der Waals surface area contributed by atoms with E-state index in [-0.39, 0.29) is 6.10 Å². The minimum absolute atomic E-state index is 0.0825. The summed E-state index contributed by atoms with van der Waals surface area (Å²) in [5, 5.41) is 14.5. The van der Waals surface area contributed by atoms with Crippen molar-refractivity contribution in [1.29, 1.82) is 0 Å². The number of piperidine rings is 1. The Morgan fingerprint density at radius 1 is 0.848 bits per heavy atom. The van der Waals surface area contributed by atoms with Crippen LogP contribution in [-0.2, 0) is 6.54 Å². The SMILES string of the molecule is OC1CCN(CCCCCn2cc(-c3c[nH]cc3Nc3ccccc3)c3ccccc32)CC1. The average molecular weight is 443 g/mol. The van der Waals surface area contributed by atoms with Gasteiger partial charge in [0.2, 0.25) is 0 Å². The Kier molecular flexibility index (Phi) is 6.79. The topological polar surface area (TPSA) is 56.2 Å². The van der Waals surface area contributed by atoms with Crippen molar-refractivity contribution in [3.05, 3.63) is 73.2 Å². The summed E-state index contributed by atoms with van der Waals surface area (Å²) >= 11 is 0. The summed E-state index contributed by atoms with van der Waals surface area (Å²) in [6.45, 7) is 4.28. The minimum Gasteiger partial charge on any atom is -0.393 e. The van der Waals surface area contributed by atoms with E-state index in [9.17, 15) is 5.11 Å². The highest BCUT2D eigenvalue weighted by atomic mass is 16.3. The number of aromatic amines is 1. The van der Waals surface area contributed by atoms with Crippen molar-refractivity contribution in [3.63, 3.8) is 0 Å². The van der Waals surface area contributed by atoms with Crippen LogP contribution in [-0.4, -0.2) is 45.3 Å². The summed E-state index contributed by atoms with van der Waals surface area (Å²) in [4.78, 5) is 5.80. The molecule has 5 heteroatoms. The molecule has 2 aromatic heterocycles. The number of hydrogen-bond donors (Lipinski definition) is 3. The first-order valence-electron chi connectivity index (χ1n) is 12.3. The predicted octanol–water partition coefficient (Wildman–Crippen LogP) is 6.01. The van der Waals surface area contributed by atoms with E-state index < -0.39 is 0 Å². The molecule has 1 aliphatic rings. The Hall–Kier alpha value is -3.02. The van der Waals surface area contributed by atoms with Crippen LogP contribution in [0.5, 0.6) is 0 Å². The number of fused-ring (bicyclic) bond motifs is 1. The van der Waals surface area contributed by atoms with Gasteiger partial charge in [-0.2, -0.15) is 0 Å². The Balaban J connectivity index is 1.26. The number of rotatable bonds is 9. The maximum atomic E-state index is 9.68. The molecule has 0 unspecified atom stereocenters. The lowest BCUT2D eigenvalue weighted by Crippen LogP contribution is -2.36. The molecule has 33 heavy (non-hydrogen) atoms. The van der Waals surface area contributed by atoms with Crippen LogP contribution in [0.4, 0.5) is 11.4 Å². The average Bonchev–Trinajstić information content (AvgIpc) is 3.45. The Morgan fingerprint density at radius 3 is 2.45 bits per heavy atom. The zero-order valence-corrected chi connectivity index (χ0v) is 19.2. The van der Waals surface area contributed by atoms with Crippen LogP contribution in [0, 0.1) is 0 Å². The van der Waals surface area contributed by atoms with E-state index in [0.29, 0.717) is 0 Å². The molecule has 1 fully saturated rings. The normalized spacial score (nSPS) is 15.3. The zero-order chi connectivity index (χ0) is 22.5. The van der Waals surface area contributed by atoms with Crippen LogP contribution < -0.4 is 5.32 Å². The van der Waals surface area contributed by atoms with Gasteiger partial charge in [-0.05, 0) is 50.4 Å². The van der Waals surface area contributed by atoms with Crippen molar-refractivity contribution in [2.75, 3.05) is 25.0 Å². The van der Waals surface area contributed by atoms with Crippen molar-refractivity contribution < 1.29 is 5.11 Å². The monoisotopic (exact) mass is 442 g/mol. The molecule has 0 bridgehead atoms. The third kappa shape index (κ3) is 5.15. The molecule has 1 saturated heterocycles. The number of H-pyrrole nitrogens is 1. The van der Waals surface area contributed by atoms with E-state index in [0.717, 1.165) is 50.4 Å². The van der Waals surface area contributed by atoms with Gasteiger partial charge in [0.1, 0.15) is 0 Å². The van der Waals surface area contributed by atoms with Gasteiger partial charge in [-0.15, -0.1) is 0 Å². The summed E-state index contributed by atoms with van der Waals surface area (Å²) < 4.78 is 2.42. The number of aliphatic hydroxyl groups excluding tert-OH is 1. The van der Waals surface area contributed by atoms with Gasteiger partial charge in [-0.3, -0.25) is 0 Å². The van der Waals surface area contributed by atoms with Crippen molar-refractivity contribution in [3.8, 4) is 11.1 Å². The van der Waals surface area contributed by atoms with Crippen LogP contribution in [0.1, 0.15) is 32.1 Å². The molecule has 0 radical (unpaired) electrons. The number of unbranched alkanes of at least 4 members (excludes halogenated alkanes) is 2. The Labute approximate surface area is 196 Å². The van der Waals surface area contributed by atoms with Crippen molar-refractivity contribution in [2.24, 2.45) is 0 Å². The molecule has 1 aliphatic heterocycles. The third-order valence-corrected chi connectivity index (χ3v) is 6.81. The van der Waals surface area contributed by atoms with Crippen LogP contribution >= 0.6 is 0 Å². The van der Waals surface area contributed by atoms with Crippen molar-refractivity contribution in [1.82, 2.24) is 14.5 Å². The fourth-order valence-electron chi connectivity index (χ4n) is 4.95. The number of benzene rings is 2. The van der Waals surface area contributed by atoms with Gasteiger partial charge in [-0.1, -0.05) is 42.8 Å². The number of hydrogen-bond acceptors (Lipinski definition) is 3. The van der Waals surface area contributed by atoms with Crippen LogP contribution in [0.3, 0.4) is 0 Å². The molecule has 5 nitrogen and oxygen atoms in total. The second kappa shape index (κ2) is 10.3. The maximum absolute atomic E-state index is 9.68. The molecule has 0 spiro atoms. The number of nitrogens with zero attached hydrogens (tertiary/aromatic N) is 2. The predicted molar refractivity (Wildman–Crippen MR) is 137 cm³/mol. The van der Waals surface area contributed by atoms with Gasteiger partial charge in [-0.25, -0.2) is 0 Å². The first-order chi connectivity index (χ1) is 16.3. The molecule has 0 saturated carbocycles. The molecule has 0 aliphatic carbocycles. The van der Waals surface area contributed by atoms with Crippen LogP contribution in [0.25, 0.3) is 22.0 Å². The van der Waals surface area contributed by atoms with E-state index in [1.807, 2.05) is 12.3 Å². The van der Waals surface area contributed by atoms with Gasteiger partial charge >= 0.3 is 0 Å². The molecule has 3 heterocycles. The summed E-state index contributed by atoms with van der Waals surface area (Å²) in [5.74, 6) is 0. The Bertz CT molecular complexity index is 1160. The van der Waals surface area contributed by atoms with Gasteiger partial charge in [0.05, 0.1) is 11.8 Å². The van der Waals surface area contributed by atoms with Crippen LogP contribution in [0.15, 0.2) is 73.2 Å². The Morgan fingerprint density at radius 2 is 1.61 bits per heavy atom. The van der Waals surface area contributed by atoms with Crippen molar-refractivity contribution >= 4 is 22.3 Å². The fraction of sp³-hybridized carbons (Fsp3) is 0.357. The van der Waals surface area contributed by atoms with E-state index in [1.54, 1.807) is 0 Å². The molecule has 4 aromatic rings. The number of aryl methyl sites for hydroxylation is 1. The largest absolute Gasteiger partial charge is 0.393 e. The molecule has 0 atom stereocenters. The lowest BCUT2D eigenvalue weighted by Gasteiger charge is -2.29. The number of para-hydroxylation sites is 2. The zero-order valence-electron chi connectivity index (χ0n) is 19.2. The quantitative estimate of drug-likeness (QED) is 0.278. The summed E-state index contributed by atoms with van der Waals surface area (Å²) in [7, 11) is 0. The molecular weight excluding hydrogens is 408 g/mol. The standard InChI is InChI=1S/C28H34N4O/c33-23-13-17-31(18-14-23)15-7-2-8-16-32-21-26(24-11-5-6-12-28(24)32)25-19-29-20-27(25)30-22-9-3-1-4-10-22/h1,3-6,9-12,19-21,23,29-30,33H,2,7-8,13-18H2. The molecule has 172 valence electrons. The summed E-state index contributed by atoms with van der Waals surface area (Å²) in [6, 6.07) is 19.0. The lowest BCUT2D eigenvalue weighted by atomic mass is 10.1. The summed E-state index contributed by atoms with van der Waals surface area (Å²) in [5.41, 5.74) is 5.93. The molecule has 2 aromatic carbocycles. The number of nitrogens with one attached hydrogen (secondary N) is 2. The third-order valence-electron chi connectivity index (χ3n) is 6.81. The van der Waals surface area contributed by atoms with E-state index in [4.69, 9.17) is 0 Å². The highest BCUT2D eigenvalue weighted by molar-refractivity contribution is 5.99. The van der Waals surface area contributed by atoms with E-state index in [2.05, 4.69) is 80.7 Å². The summed E-state index contributed by atoms with van der Waals surface area (Å²) in [6.07, 6.45) is 11.8. The number of aliphatic hydroxyl groups is 1. The van der Waals surface area contributed by atoms with Gasteiger partial charge < -0.3 is 24.9 Å². The highest BCUT2D eigenvalue weighted by Crippen LogP contribution is 2.36. The molecule has 0 amide bonds. The van der Waals surface area contributed by atoms with E-state index in [1.165, 1.54) is 41.3 Å². The fourth-order valence-corrected chi connectivity index (χ4v) is 4.95. The first-order valence-corrected chi connectivity index (χ1v) is 12.3. The number of likely N-dealkylation sites (tertiary alicyclic amines) is 1. The van der Waals surface area contributed by atoms with Crippen molar-refractivity contribution in [2.45, 2.75) is 44.8 Å². The van der Waals surface area contributed by atoms with Crippen LogP contribution in [0.2, 0.25) is 0 Å². The molecule has 5 rings (SSSR count). The molecule has 3 N–H and O–H groups in total.